The van der Waals surface area contributed by atoms with Crippen molar-refractivity contribution in [3.8, 4) is 0 Å². The predicted molar refractivity (Wildman–Crippen MR) is 94.4 cm³/mol. The highest BCUT2D eigenvalue weighted by Crippen LogP contribution is 2.39. The molecule has 2 fully saturated rings. The van der Waals surface area contributed by atoms with Crippen LogP contribution < -0.4 is 0 Å². The van der Waals surface area contributed by atoms with E-state index in [1.54, 1.807) is 29.1 Å². The summed E-state index contributed by atoms with van der Waals surface area (Å²) < 4.78 is 4.11. The lowest BCUT2D eigenvalue weighted by Gasteiger charge is -2.31. The van der Waals surface area contributed by atoms with Crippen LogP contribution in [-0.2, 0) is 11.3 Å². The number of carbonyl (C=O) groups excluding carboxylic acids is 1. The summed E-state index contributed by atoms with van der Waals surface area (Å²) in [5.41, 5.74) is 0. The maximum Gasteiger partial charge on any atom is 0.232 e. The number of piperidine rings is 1. The maximum absolute atomic E-state index is 12.1. The Bertz CT molecular complexity index is 717. The number of hydrogen-bond donors (Lipinski definition) is 0. The van der Waals surface area contributed by atoms with E-state index in [0.29, 0.717) is 24.3 Å². The second kappa shape index (κ2) is 7.15. The molecule has 4 rings (SSSR count). The van der Waals surface area contributed by atoms with Crippen LogP contribution in [0.1, 0.15) is 49.3 Å². The molecule has 1 saturated carbocycles. The summed E-state index contributed by atoms with van der Waals surface area (Å²) in [6.45, 7) is 2.24. The van der Waals surface area contributed by atoms with E-state index in [4.69, 9.17) is 0 Å². The molecule has 8 nitrogen and oxygen atoms in total. The van der Waals surface area contributed by atoms with Gasteiger partial charge in [0.05, 0.1) is 5.75 Å². The Balaban J connectivity index is 1.48. The third-order valence-corrected chi connectivity index (χ3v) is 5.49. The highest BCUT2D eigenvalue weighted by Gasteiger charge is 2.34. The topological polar surface area (TPSA) is 81.7 Å². The molecule has 0 radical (unpaired) electrons. The van der Waals surface area contributed by atoms with Crippen molar-refractivity contribution in [3.05, 3.63) is 24.3 Å². The quantitative estimate of drug-likeness (QED) is 0.772. The molecule has 1 saturated heterocycles. The first kappa shape index (κ1) is 16.6. The molecular weight excluding hydrogens is 338 g/mol. The lowest BCUT2D eigenvalue weighted by Crippen LogP contribution is -2.39. The summed E-state index contributed by atoms with van der Waals surface area (Å²) in [5, 5.41) is 13.2. The van der Waals surface area contributed by atoms with Crippen molar-refractivity contribution in [1.29, 1.82) is 0 Å². The van der Waals surface area contributed by atoms with E-state index in [1.165, 1.54) is 12.8 Å². The molecule has 1 aliphatic carbocycles. The summed E-state index contributed by atoms with van der Waals surface area (Å²) >= 11 is 1.59. The Kier molecular flexibility index (Phi) is 4.74. The molecule has 2 aromatic rings. The van der Waals surface area contributed by atoms with Gasteiger partial charge in [0.2, 0.25) is 5.91 Å². The van der Waals surface area contributed by atoms with E-state index in [9.17, 15) is 4.79 Å². The first-order chi connectivity index (χ1) is 12.3. The van der Waals surface area contributed by atoms with Gasteiger partial charge in [-0.25, -0.2) is 9.67 Å². The Hall–Kier alpha value is -1.90. The van der Waals surface area contributed by atoms with E-state index in [2.05, 4.69) is 24.8 Å². The van der Waals surface area contributed by atoms with Crippen molar-refractivity contribution < 1.29 is 4.79 Å². The van der Waals surface area contributed by atoms with Crippen molar-refractivity contribution >= 4 is 17.7 Å². The maximum atomic E-state index is 12.1. The number of carbonyl (C=O) groups is 1. The van der Waals surface area contributed by atoms with Gasteiger partial charge in [-0.1, -0.05) is 0 Å². The number of rotatable bonds is 6. The SMILES string of the molecule is CSCC(=O)N1CCC(c2nnc(Cn3cncn3)n2C2CC2)CC1. The first-order valence-corrected chi connectivity index (χ1v) is 10.2. The number of aromatic nitrogens is 6. The van der Waals surface area contributed by atoms with Gasteiger partial charge in [0, 0.05) is 25.0 Å². The number of amides is 1. The third kappa shape index (κ3) is 3.56. The molecule has 0 N–H and O–H groups in total. The minimum absolute atomic E-state index is 0.251. The van der Waals surface area contributed by atoms with Gasteiger partial charge in [-0.3, -0.25) is 4.79 Å². The average molecular weight is 361 g/mol. The minimum atomic E-state index is 0.251. The lowest BCUT2D eigenvalue weighted by atomic mass is 9.96. The fourth-order valence-corrected chi connectivity index (χ4v) is 3.94. The molecule has 25 heavy (non-hydrogen) atoms. The zero-order chi connectivity index (χ0) is 17.2. The Morgan fingerprint density at radius 3 is 2.68 bits per heavy atom. The van der Waals surface area contributed by atoms with Gasteiger partial charge in [0.15, 0.2) is 5.82 Å². The predicted octanol–water partition coefficient (Wildman–Crippen LogP) is 1.32. The zero-order valence-electron chi connectivity index (χ0n) is 14.4. The van der Waals surface area contributed by atoms with E-state index >= 15 is 0 Å². The number of hydrogen-bond acceptors (Lipinski definition) is 6. The normalized spacial score (nSPS) is 18.7. The summed E-state index contributed by atoms with van der Waals surface area (Å²) in [6.07, 6.45) is 9.55. The highest BCUT2D eigenvalue weighted by molar-refractivity contribution is 7.99. The molecule has 134 valence electrons. The van der Waals surface area contributed by atoms with Crippen LogP contribution >= 0.6 is 11.8 Å². The Labute approximate surface area is 151 Å². The zero-order valence-corrected chi connectivity index (χ0v) is 15.2. The standard InChI is InChI=1S/C16H23N7OS/c1-25-9-15(24)21-6-4-12(5-7-21)16-20-19-14(23(16)13-2-3-13)8-22-11-17-10-18-22/h10-13H,2-9H2,1H3. The van der Waals surface area contributed by atoms with Gasteiger partial charge >= 0.3 is 0 Å². The molecule has 0 spiro atoms. The molecule has 1 aliphatic heterocycles. The van der Waals surface area contributed by atoms with Crippen LogP contribution in [0.15, 0.2) is 12.7 Å². The molecule has 2 aromatic heterocycles. The van der Waals surface area contributed by atoms with Gasteiger partial charge in [0.25, 0.3) is 0 Å². The number of thioether (sulfide) groups is 1. The van der Waals surface area contributed by atoms with Crippen molar-refractivity contribution in [2.24, 2.45) is 0 Å². The Morgan fingerprint density at radius 1 is 1.24 bits per heavy atom. The fraction of sp³-hybridized carbons (Fsp3) is 0.688. The van der Waals surface area contributed by atoms with Crippen LogP contribution in [0.3, 0.4) is 0 Å². The molecule has 1 amide bonds. The van der Waals surface area contributed by atoms with E-state index in [1.807, 2.05) is 11.2 Å². The third-order valence-electron chi connectivity index (χ3n) is 4.96. The smallest absolute Gasteiger partial charge is 0.232 e. The summed E-state index contributed by atoms with van der Waals surface area (Å²) in [5.74, 6) is 3.27. The van der Waals surface area contributed by atoms with E-state index < -0.39 is 0 Å². The molecule has 0 unspecified atom stereocenters. The van der Waals surface area contributed by atoms with Gasteiger partial charge in [-0.15, -0.1) is 10.2 Å². The van der Waals surface area contributed by atoms with Gasteiger partial charge in [0.1, 0.15) is 25.0 Å². The molecule has 9 heteroatoms. The summed E-state index contributed by atoms with van der Waals surface area (Å²) in [7, 11) is 0. The van der Waals surface area contributed by atoms with Crippen molar-refractivity contribution in [2.75, 3.05) is 25.1 Å². The molecule has 0 atom stereocenters. The number of nitrogens with zero attached hydrogens (tertiary/aromatic N) is 7. The van der Waals surface area contributed by atoms with E-state index in [-0.39, 0.29) is 5.91 Å². The molecule has 0 aromatic carbocycles. The Morgan fingerprint density at radius 2 is 2.04 bits per heavy atom. The number of likely N-dealkylation sites (tertiary alicyclic amines) is 1. The minimum Gasteiger partial charge on any atom is -0.342 e. The van der Waals surface area contributed by atoms with Gasteiger partial charge in [-0.05, 0) is 31.9 Å². The van der Waals surface area contributed by atoms with Crippen molar-refractivity contribution in [1.82, 2.24) is 34.4 Å². The monoisotopic (exact) mass is 361 g/mol. The summed E-state index contributed by atoms with van der Waals surface area (Å²) in [6, 6.07) is 0.527. The van der Waals surface area contributed by atoms with Gasteiger partial charge in [-0.2, -0.15) is 16.9 Å². The van der Waals surface area contributed by atoms with Gasteiger partial charge < -0.3 is 9.47 Å². The molecule has 2 aliphatic rings. The lowest BCUT2D eigenvalue weighted by molar-refractivity contribution is -0.129. The largest absolute Gasteiger partial charge is 0.342 e. The molecule has 3 heterocycles. The second-order valence-electron chi connectivity index (χ2n) is 6.76. The van der Waals surface area contributed by atoms with Crippen LogP contribution in [0.2, 0.25) is 0 Å². The fourth-order valence-electron chi connectivity index (χ4n) is 3.52. The van der Waals surface area contributed by atoms with Crippen LogP contribution in [0.25, 0.3) is 0 Å². The highest BCUT2D eigenvalue weighted by atomic mass is 32.2. The van der Waals surface area contributed by atoms with Crippen molar-refractivity contribution in [3.63, 3.8) is 0 Å². The van der Waals surface area contributed by atoms with Crippen molar-refractivity contribution in [2.45, 2.75) is 44.2 Å². The average Bonchev–Trinajstić information content (AvgIpc) is 3.17. The second-order valence-corrected chi connectivity index (χ2v) is 7.62. The molecular formula is C16H23N7OS. The molecule has 0 bridgehead atoms. The van der Waals surface area contributed by atoms with Crippen LogP contribution in [0.4, 0.5) is 0 Å². The summed E-state index contributed by atoms with van der Waals surface area (Å²) in [4.78, 5) is 18.1. The first-order valence-electron chi connectivity index (χ1n) is 8.79. The van der Waals surface area contributed by atoms with Crippen LogP contribution in [0, 0.1) is 0 Å². The van der Waals surface area contributed by atoms with Crippen LogP contribution in [-0.4, -0.2) is 65.4 Å². The van der Waals surface area contributed by atoms with Crippen LogP contribution in [0.5, 0.6) is 0 Å². The van der Waals surface area contributed by atoms with E-state index in [0.717, 1.165) is 37.6 Å².